The third-order valence-corrected chi connectivity index (χ3v) is 6.09. The summed E-state index contributed by atoms with van der Waals surface area (Å²) in [6.07, 6.45) is 2.04. The number of halogens is 2. The fourth-order valence-electron chi connectivity index (χ4n) is 4.35. The van der Waals surface area contributed by atoms with Crippen LogP contribution in [0.1, 0.15) is 24.4 Å². The molecule has 3 fully saturated rings. The number of likely N-dealkylation sites (N-methyl/N-ethyl adjacent to an activating group) is 1. The highest BCUT2D eigenvalue weighted by molar-refractivity contribution is 5.81. The van der Waals surface area contributed by atoms with E-state index in [1.54, 1.807) is 24.3 Å². The summed E-state index contributed by atoms with van der Waals surface area (Å²) in [5.41, 5.74) is 1.21. The van der Waals surface area contributed by atoms with Crippen molar-refractivity contribution in [1.82, 2.24) is 0 Å². The SMILES string of the molecule is C[N+]12CCC(CC1)[C@@H](OC(=O)C(Nc1ccc(F)cc1)c1ccc(F)cc1)C2. The zero-order chi connectivity index (χ0) is 19.7. The number of quaternary nitrogens is 1. The largest absolute Gasteiger partial charge is 0.454 e. The first-order valence-corrected chi connectivity index (χ1v) is 9.73. The Bertz CT molecular complexity index is 831. The van der Waals surface area contributed by atoms with Crippen molar-refractivity contribution in [2.45, 2.75) is 25.0 Å². The third kappa shape index (κ3) is 4.02. The van der Waals surface area contributed by atoms with Gasteiger partial charge >= 0.3 is 5.97 Å². The number of carbonyl (C=O) groups excluding carboxylic acids is 1. The molecule has 2 bridgehead atoms. The summed E-state index contributed by atoms with van der Waals surface area (Å²) in [5.74, 6) is -0.701. The van der Waals surface area contributed by atoms with Gasteiger partial charge in [0, 0.05) is 24.4 Å². The molecule has 3 saturated heterocycles. The minimum atomic E-state index is -0.785. The van der Waals surface area contributed by atoms with E-state index in [0.29, 0.717) is 17.2 Å². The van der Waals surface area contributed by atoms with Crippen molar-refractivity contribution < 1.29 is 22.8 Å². The molecule has 1 N–H and O–H groups in total. The smallest absolute Gasteiger partial charge is 0.333 e. The summed E-state index contributed by atoms with van der Waals surface area (Å²) in [5, 5.41) is 3.12. The maximum Gasteiger partial charge on any atom is 0.333 e. The number of hydrogen-bond acceptors (Lipinski definition) is 3. The van der Waals surface area contributed by atoms with E-state index in [-0.39, 0.29) is 23.7 Å². The first-order chi connectivity index (χ1) is 13.4. The van der Waals surface area contributed by atoms with Gasteiger partial charge in [-0.25, -0.2) is 13.6 Å². The second-order valence-corrected chi connectivity index (χ2v) is 8.20. The van der Waals surface area contributed by atoms with Crippen molar-refractivity contribution in [3.8, 4) is 0 Å². The van der Waals surface area contributed by atoms with Crippen LogP contribution in [0.5, 0.6) is 0 Å². The van der Waals surface area contributed by atoms with E-state index in [1.807, 2.05) is 0 Å². The molecule has 0 amide bonds. The van der Waals surface area contributed by atoms with Gasteiger partial charge in [-0.3, -0.25) is 0 Å². The summed E-state index contributed by atoms with van der Waals surface area (Å²) < 4.78 is 33.5. The second-order valence-electron chi connectivity index (χ2n) is 8.20. The summed E-state index contributed by atoms with van der Waals surface area (Å²) in [4.78, 5) is 13.1. The van der Waals surface area contributed by atoms with Gasteiger partial charge in [-0.1, -0.05) is 12.1 Å². The van der Waals surface area contributed by atoms with Gasteiger partial charge in [0.25, 0.3) is 0 Å². The molecule has 3 aliphatic rings. The topological polar surface area (TPSA) is 38.3 Å². The lowest BCUT2D eigenvalue weighted by molar-refractivity contribution is -0.928. The van der Waals surface area contributed by atoms with Crippen LogP contribution in [0.15, 0.2) is 48.5 Å². The molecule has 4 nitrogen and oxygen atoms in total. The van der Waals surface area contributed by atoms with Crippen LogP contribution in [0.4, 0.5) is 14.5 Å². The average Bonchev–Trinajstić information content (AvgIpc) is 2.68. The molecule has 5 rings (SSSR count). The molecule has 2 aromatic rings. The van der Waals surface area contributed by atoms with Crippen LogP contribution in [0.2, 0.25) is 0 Å². The quantitative estimate of drug-likeness (QED) is 0.625. The summed E-state index contributed by atoms with van der Waals surface area (Å²) >= 11 is 0. The molecule has 0 aliphatic carbocycles. The van der Waals surface area contributed by atoms with E-state index in [0.717, 1.165) is 37.0 Å². The van der Waals surface area contributed by atoms with Crippen LogP contribution >= 0.6 is 0 Å². The van der Waals surface area contributed by atoms with Gasteiger partial charge < -0.3 is 14.5 Å². The Labute approximate surface area is 163 Å². The first-order valence-electron chi connectivity index (χ1n) is 9.73. The lowest BCUT2D eigenvalue weighted by Gasteiger charge is -2.49. The Balaban J connectivity index is 1.54. The summed E-state index contributed by atoms with van der Waals surface area (Å²) in [6.45, 7) is 3.10. The van der Waals surface area contributed by atoms with Crippen LogP contribution in [0.3, 0.4) is 0 Å². The average molecular weight is 387 g/mol. The van der Waals surface area contributed by atoms with E-state index in [9.17, 15) is 13.6 Å². The Morgan fingerprint density at radius 2 is 1.61 bits per heavy atom. The van der Waals surface area contributed by atoms with Crippen molar-refractivity contribution >= 4 is 11.7 Å². The van der Waals surface area contributed by atoms with Crippen molar-refractivity contribution in [3.05, 3.63) is 65.7 Å². The predicted molar refractivity (Wildman–Crippen MR) is 103 cm³/mol. The number of piperidine rings is 3. The number of nitrogens with zero attached hydrogens (tertiary/aromatic N) is 1. The molecule has 6 heteroatoms. The Hall–Kier alpha value is -2.47. The zero-order valence-corrected chi connectivity index (χ0v) is 15.9. The van der Waals surface area contributed by atoms with Gasteiger partial charge in [0.2, 0.25) is 0 Å². The molecule has 0 saturated carbocycles. The van der Waals surface area contributed by atoms with E-state index in [1.165, 1.54) is 24.3 Å². The lowest BCUT2D eigenvalue weighted by Crippen LogP contribution is -2.62. The third-order valence-electron chi connectivity index (χ3n) is 6.09. The van der Waals surface area contributed by atoms with Gasteiger partial charge in [0.05, 0.1) is 20.1 Å². The molecular formula is C22H25F2N2O2+. The predicted octanol–water partition coefficient (Wildman–Crippen LogP) is 3.90. The highest BCUT2D eigenvalue weighted by Crippen LogP contribution is 2.35. The van der Waals surface area contributed by atoms with E-state index < -0.39 is 6.04 Å². The number of rotatable bonds is 5. The number of hydrogen-bond donors (Lipinski definition) is 1. The maximum atomic E-state index is 13.4. The second kappa shape index (κ2) is 7.51. The number of carbonyl (C=O) groups is 1. The van der Waals surface area contributed by atoms with Crippen molar-refractivity contribution in [1.29, 1.82) is 0 Å². The fraction of sp³-hybridized carbons (Fsp3) is 0.409. The van der Waals surface area contributed by atoms with Crippen LogP contribution < -0.4 is 5.32 Å². The standard InChI is InChI=1S/C22H25F2N2O2/c1-26-12-10-15(11-13-26)20(14-26)28-22(27)21(16-2-4-17(23)5-3-16)25-19-8-6-18(24)7-9-19/h2-9,15,20-21,25H,10-14H2,1H3/q+1/t15?,20-,21?,26?/m0/s1. The van der Waals surface area contributed by atoms with Crippen molar-refractivity contribution in [2.75, 3.05) is 32.0 Å². The molecule has 0 radical (unpaired) electrons. The molecule has 3 aliphatic heterocycles. The molecule has 0 spiro atoms. The molecule has 3 heterocycles. The monoisotopic (exact) mass is 387 g/mol. The molecule has 0 aromatic heterocycles. The molecule has 1 unspecified atom stereocenters. The number of esters is 1. The minimum Gasteiger partial charge on any atom is -0.454 e. The van der Waals surface area contributed by atoms with Gasteiger partial charge in [0.1, 0.15) is 18.2 Å². The molecule has 28 heavy (non-hydrogen) atoms. The number of benzene rings is 2. The van der Waals surface area contributed by atoms with Crippen molar-refractivity contribution in [3.63, 3.8) is 0 Å². The van der Waals surface area contributed by atoms with Gasteiger partial charge in [-0.05, 0) is 42.0 Å². The number of fused-ring (bicyclic) bond motifs is 3. The zero-order valence-electron chi connectivity index (χ0n) is 15.9. The van der Waals surface area contributed by atoms with Gasteiger partial charge in [-0.2, -0.15) is 0 Å². The van der Waals surface area contributed by atoms with Gasteiger partial charge in [-0.15, -0.1) is 0 Å². The Kier molecular flexibility index (Phi) is 5.06. The number of ether oxygens (including phenoxy) is 1. The first kappa shape index (κ1) is 18.9. The van der Waals surface area contributed by atoms with Crippen LogP contribution in [0, 0.1) is 17.6 Å². The molecule has 148 valence electrons. The summed E-state index contributed by atoms with van der Waals surface area (Å²) in [6, 6.07) is 10.8. The van der Waals surface area contributed by atoms with Gasteiger partial charge in [0.15, 0.2) is 12.1 Å². The number of anilines is 1. The van der Waals surface area contributed by atoms with Crippen molar-refractivity contribution in [2.24, 2.45) is 5.92 Å². The highest BCUT2D eigenvalue weighted by atomic mass is 19.1. The molecular weight excluding hydrogens is 362 g/mol. The highest BCUT2D eigenvalue weighted by Gasteiger charge is 2.45. The number of nitrogens with one attached hydrogen (secondary N) is 1. The van der Waals surface area contributed by atoms with Crippen LogP contribution in [-0.4, -0.2) is 43.2 Å². The lowest BCUT2D eigenvalue weighted by atomic mass is 9.84. The maximum absolute atomic E-state index is 13.4. The van der Waals surface area contributed by atoms with E-state index in [4.69, 9.17) is 4.74 Å². The summed E-state index contributed by atoms with van der Waals surface area (Å²) in [7, 11) is 2.21. The van der Waals surface area contributed by atoms with Crippen LogP contribution in [0.25, 0.3) is 0 Å². The Morgan fingerprint density at radius 1 is 1.04 bits per heavy atom. The normalized spacial score (nSPS) is 27.2. The van der Waals surface area contributed by atoms with E-state index in [2.05, 4.69) is 12.4 Å². The molecule has 2 atom stereocenters. The fourth-order valence-corrected chi connectivity index (χ4v) is 4.35. The van der Waals surface area contributed by atoms with E-state index >= 15 is 0 Å². The minimum absolute atomic E-state index is 0.0991. The Morgan fingerprint density at radius 3 is 2.18 bits per heavy atom. The van der Waals surface area contributed by atoms with Crippen LogP contribution in [-0.2, 0) is 9.53 Å². The molecule has 2 aromatic carbocycles.